The lowest BCUT2D eigenvalue weighted by atomic mass is 9.74. The van der Waals surface area contributed by atoms with Crippen LogP contribution in [-0.2, 0) is 6.54 Å². The van der Waals surface area contributed by atoms with Crippen molar-refractivity contribution in [2.24, 2.45) is 17.8 Å². The lowest BCUT2D eigenvalue weighted by Crippen LogP contribution is -2.45. The maximum atomic E-state index is 4.62. The number of aromatic nitrogens is 1. The molecule has 1 aromatic rings. The third-order valence-electron chi connectivity index (χ3n) is 6.23. The van der Waals surface area contributed by atoms with Gasteiger partial charge in [-0.1, -0.05) is 27.2 Å². The first kappa shape index (κ1) is 18.7. The van der Waals surface area contributed by atoms with Gasteiger partial charge < -0.3 is 15.1 Å². The highest BCUT2D eigenvalue weighted by Gasteiger charge is 2.30. The zero-order valence-electron chi connectivity index (χ0n) is 16.5. The highest BCUT2D eigenvalue weighted by Crippen LogP contribution is 2.33. The first-order chi connectivity index (χ1) is 12.0. The van der Waals surface area contributed by atoms with Crippen LogP contribution in [0.1, 0.15) is 45.6 Å². The van der Waals surface area contributed by atoms with E-state index in [0.29, 0.717) is 6.04 Å². The minimum Gasteiger partial charge on any atom is -0.354 e. The van der Waals surface area contributed by atoms with E-state index >= 15 is 0 Å². The van der Waals surface area contributed by atoms with Crippen molar-refractivity contribution < 1.29 is 0 Å². The quantitative estimate of drug-likeness (QED) is 0.887. The Morgan fingerprint density at radius 2 is 1.96 bits per heavy atom. The van der Waals surface area contributed by atoms with E-state index in [1.807, 2.05) is 6.20 Å². The van der Waals surface area contributed by atoms with Crippen molar-refractivity contribution in [3.63, 3.8) is 0 Å². The second-order valence-electron chi connectivity index (χ2n) is 8.63. The maximum absolute atomic E-state index is 4.62. The van der Waals surface area contributed by atoms with Crippen molar-refractivity contribution in [3.8, 4) is 0 Å². The molecule has 4 nitrogen and oxygen atoms in total. The van der Waals surface area contributed by atoms with Gasteiger partial charge in [-0.15, -0.1) is 0 Å². The molecule has 3 unspecified atom stereocenters. The van der Waals surface area contributed by atoms with Gasteiger partial charge in [0, 0.05) is 45.0 Å². The molecule has 1 aromatic heterocycles. The Bertz CT molecular complexity index is 536. The second-order valence-corrected chi connectivity index (χ2v) is 8.63. The molecule has 25 heavy (non-hydrogen) atoms. The number of hydrogen-bond acceptors (Lipinski definition) is 4. The maximum Gasteiger partial charge on any atom is 0.128 e. The molecule has 2 fully saturated rings. The van der Waals surface area contributed by atoms with Gasteiger partial charge in [0.25, 0.3) is 0 Å². The van der Waals surface area contributed by atoms with Gasteiger partial charge in [0.2, 0.25) is 0 Å². The number of likely N-dealkylation sites (N-methyl/N-ethyl adjacent to an activating group) is 1. The minimum atomic E-state index is 0.656. The molecule has 2 heterocycles. The van der Waals surface area contributed by atoms with Crippen LogP contribution in [0.2, 0.25) is 0 Å². The summed E-state index contributed by atoms with van der Waals surface area (Å²) in [5.41, 5.74) is 1.37. The van der Waals surface area contributed by atoms with Gasteiger partial charge in [-0.05, 0) is 55.3 Å². The molecule has 1 aliphatic heterocycles. The summed E-state index contributed by atoms with van der Waals surface area (Å²) in [6.07, 6.45) is 6.07. The number of rotatable bonds is 5. The number of nitrogens with zero attached hydrogens (tertiary/aromatic N) is 3. The van der Waals surface area contributed by atoms with Gasteiger partial charge >= 0.3 is 0 Å². The Labute approximate surface area is 154 Å². The molecule has 1 saturated carbocycles. The molecular formula is C21H36N4. The molecule has 2 aliphatic rings. The van der Waals surface area contributed by atoms with Crippen molar-refractivity contribution in [2.45, 2.75) is 52.6 Å². The largest absolute Gasteiger partial charge is 0.354 e. The number of anilines is 1. The topological polar surface area (TPSA) is 31.4 Å². The Balaban J connectivity index is 1.60. The summed E-state index contributed by atoms with van der Waals surface area (Å²) in [6, 6.07) is 5.11. The second kappa shape index (κ2) is 8.50. The Morgan fingerprint density at radius 3 is 2.68 bits per heavy atom. The Hall–Kier alpha value is -1.13. The number of nitrogens with one attached hydrogen (secondary N) is 1. The molecule has 0 aromatic carbocycles. The fraction of sp³-hybridized carbons (Fsp3) is 0.762. The summed E-state index contributed by atoms with van der Waals surface area (Å²) in [4.78, 5) is 9.42. The van der Waals surface area contributed by atoms with Crippen LogP contribution in [0.4, 0.5) is 5.82 Å². The summed E-state index contributed by atoms with van der Waals surface area (Å²) in [5, 5.41) is 3.88. The fourth-order valence-corrected chi connectivity index (χ4v) is 4.46. The van der Waals surface area contributed by atoms with Crippen LogP contribution in [0.3, 0.4) is 0 Å². The van der Waals surface area contributed by atoms with Gasteiger partial charge in [0.05, 0.1) is 0 Å². The molecule has 1 saturated heterocycles. The van der Waals surface area contributed by atoms with Crippen molar-refractivity contribution in [1.82, 2.24) is 15.2 Å². The van der Waals surface area contributed by atoms with E-state index in [1.54, 1.807) is 0 Å². The van der Waals surface area contributed by atoms with Crippen LogP contribution >= 0.6 is 0 Å². The molecule has 3 atom stereocenters. The van der Waals surface area contributed by atoms with Crippen molar-refractivity contribution in [3.05, 3.63) is 23.9 Å². The highest BCUT2D eigenvalue weighted by atomic mass is 15.3. The number of hydrogen-bond donors (Lipinski definition) is 1. The highest BCUT2D eigenvalue weighted by molar-refractivity contribution is 5.41. The van der Waals surface area contributed by atoms with E-state index in [1.165, 1.54) is 24.8 Å². The lowest BCUT2D eigenvalue weighted by molar-refractivity contribution is 0.169. The summed E-state index contributed by atoms with van der Waals surface area (Å²) in [7, 11) is 2.20. The Kier molecular flexibility index (Phi) is 6.34. The van der Waals surface area contributed by atoms with Crippen molar-refractivity contribution in [1.29, 1.82) is 0 Å². The smallest absolute Gasteiger partial charge is 0.128 e. The summed E-state index contributed by atoms with van der Waals surface area (Å²) >= 11 is 0. The first-order valence-electron chi connectivity index (χ1n) is 10.1. The third-order valence-corrected chi connectivity index (χ3v) is 6.23. The van der Waals surface area contributed by atoms with Gasteiger partial charge in [-0.25, -0.2) is 4.98 Å². The molecule has 4 heteroatoms. The molecule has 0 spiro atoms. The first-order valence-corrected chi connectivity index (χ1v) is 10.1. The van der Waals surface area contributed by atoms with Gasteiger partial charge in [-0.3, -0.25) is 0 Å². The molecule has 3 rings (SSSR count). The summed E-state index contributed by atoms with van der Waals surface area (Å²) < 4.78 is 0. The van der Waals surface area contributed by atoms with E-state index in [0.717, 1.165) is 56.3 Å². The van der Waals surface area contributed by atoms with E-state index < -0.39 is 0 Å². The van der Waals surface area contributed by atoms with E-state index in [-0.39, 0.29) is 0 Å². The normalized spacial score (nSPS) is 28.5. The van der Waals surface area contributed by atoms with Gasteiger partial charge in [0.15, 0.2) is 0 Å². The monoisotopic (exact) mass is 344 g/mol. The minimum absolute atomic E-state index is 0.656. The zero-order chi connectivity index (χ0) is 17.8. The standard InChI is InChI=1S/C21H36N4/c1-16(2)19-6-5-17(3)13-20(19)23-15-18-7-8-22-21(14-18)25-11-9-24(4)10-12-25/h7-8,14,16-17,19-20,23H,5-6,9-13,15H2,1-4H3. The third kappa shape index (κ3) is 4.95. The van der Waals surface area contributed by atoms with E-state index in [4.69, 9.17) is 0 Å². The van der Waals surface area contributed by atoms with Crippen LogP contribution in [-0.4, -0.2) is 49.2 Å². The SMILES string of the molecule is CC1CCC(C(C)C)C(NCc2ccnc(N3CCN(C)CC3)c2)C1. The number of piperazine rings is 1. The predicted octanol–water partition coefficient (Wildman–Crippen LogP) is 3.38. The molecule has 0 bridgehead atoms. The molecule has 1 N–H and O–H groups in total. The van der Waals surface area contributed by atoms with E-state index in [2.05, 4.69) is 60.1 Å². The predicted molar refractivity (Wildman–Crippen MR) is 106 cm³/mol. The van der Waals surface area contributed by atoms with E-state index in [9.17, 15) is 0 Å². The fourth-order valence-electron chi connectivity index (χ4n) is 4.46. The number of pyridine rings is 1. The van der Waals surface area contributed by atoms with Crippen LogP contribution in [0, 0.1) is 17.8 Å². The summed E-state index contributed by atoms with van der Waals surface area (Å²) in [5.74, 6) is 3.58. The van der Waals surface area contributed by atoms with Crippen molar-refractivity contribution >= 4 is 5.82 Å². The van der Waals surface area contributed by atoms with Crippen molar-refractivity contribution in [2.75, 3.05) is 38.1 Å². The van der Waals surface area contributed by atoms with Crippen LogP contribution in [0.5, 0.6) is 0 Å². The molecule has 0 radical (unpaired) electrons. The molecular weight excluding hydrogens is 308 g/mol. The summed E-state index contributed by atoms with van der Waals surface area (Å²) in [6.45, 7) is 12.5. The van der Waals surface area contributed by atoms with Crippen LogP contribution in [0.15, 0.2) is 18.3 Å². The molecule has 0 amide bonds. The molecule has 140 valence electrons. The van der Waals surface area contributed by atoms with Gasteiger partial charge in [-0.2, -0.15) is 0 Å². The van der Waals surface area contributed by atoms with Crippen LogP contribution < -0.4 is 10.2 Å². The average molecular weight is 345 g/mol. The lowest BCUT2D eigenvalue weighted by Gasteiger charge is -2.38. The van der Waals surface area contributed by atoms with Crippen LogP contribution in [0.25, 0.3) is 0 Å². The molecule has 1 aliphatic carbocycles. The van der Waals surface area contributed by atoms with Gasteiger partial charge in [0.1, 0.15) is 5.82 Å². The average Bonchev–Trinajstić information content (AvgIpc) is 2.60. The zero-order valence-corrected chi connectivity index (χ0v) is 16.5. The Morgan fingerprint density at radius 1 is 1.20 bits per heavy atom.